The number of nitrogens with one attached hydrogen (secondary N) is 1. The summed E-state index contributed by atoms with van der Waals surface area (Å²) in [7, 11) is 0. The predicted molar refractivity (Wildman–Crippen MR) is 104 cm³/mol. The van der Waals surface area contributed by atoms with Gasteiger partial charge in [-0.3, -0.25) is 4.79 Å². The maximum Gasteiger partial charge on any atom is 0.256 e. The molecule has 1 heterocycles. The van der Waals surface area contributed by atoms with E-state index in [-0.39, 0.29) is 17.4 Å². The summed E-state index contributed by atoms with van der Waals surface area (Å²) in [5.74, 6) is -1.87. The first-order chi connectivity index (χ1) is 13.0. The molecular formula is C20H18ClF2N3O. The molecule has 7 heteroatoms. The van der Waals surface area contributed by atoms with Gasteiger partial charge in [-0.2, -0.15) is 0 Å². The number of hydrogen-bond acceptors (Lipinski definition) is 3. The summed E-state index contributed by atoms with van der Waals surface area (Å²) in [6.45, 7) is 4.88. The highest BCUT2D eigenvalue weighted by Gasteiger charge is 2.20. The molecule has 0 radical (unpaired) electrons. The van der Waals surface area contributed by atoms with Crippen LogP contribution in [-0.4, -0.2) is 28.9 Å². The molecule has 4 nitrogen and oxygen atoms in total. The second-order valence-corrected chi connectivity index (χ2v) is 6.29. The Morgan fingerprint density at radius 3 is 2.56 bits per heavy atom. The summed E-state index contributed by atoms with van der Waals surface area (Å²) in [4.78, 5) is 18.8. The second kappa shape index (κ2) is 7.88. The van der Waals surface area contributed by atoms with Gasteiger partial charge in [-0.15, -0.1) is 0 Å². The van der Waals surface area contributed by atoms with Gasteiger partial charge in [-0.25, -0.2) is 13.8 Å². The first kappa shape index (κ1) is 19.0. The second-order valence-electron chi connectivity index (χ2n) is 5.89. The molecule has 0 fully saturated rings. The third-order valence-electron chi connectivity index (χ3n) is 4.35. The summed E-state index contributed by atoms with van der Waals surface area (Å²) >= 11 is 6.37. The molecular weight excluding hydrogens is 372 g/mol. The topological polar surface area (TPSA) is 45.2 Å². The third-order valence-corrected chi connectivity index (χ3v) is 4.66. The van der Waals surface area contributed by atoms with Crippen LogP contribution in [0.5, 0.6) is 0 Å². The van der Waals surface area contributed by atoms with Crippen molar-refractivity contribution in [3.05, 3.63) is 64.8 Å². The van der Waals surface area contributed by atoms with E-state index in [2.05, 4.69) is 10.3 Å². The highest BCUT2D eigenvalue weighted by molar-refractivity contribution is 6.37. The number of benzene rings is 2. The van der Waals surface area contributed by atoms with Gasteiger partial charge in [-0.05, 0) is 32.0 Å². The number of carbonyl (C=O) groups excluding carboxylic acids is 1. The predicted octanol–water partition coefficient (Wildman–Crippen LogP) is 5.39. The number of anilines is 2. The van der Waals surface area contributed by atoms with E-state index < -0.39 is 11.6 Å². The van der Waals surface area contributed by atoms with Gasteiger partial charge in [0.2, 0.25) is 0 Å². The van der Waals surface area contributed by atoms with Gasteiger partial charge in [0, 0.05) is 35.1 Å². The van der Waals surface area contributed by atoms with Crippen molar-refractivity contribution in [2.24, 2.45) is 0 Å². The van der Waals surface area contributed by atoms with Crippen molar-refractivity contribution in [1.29, 1.82) is 0 Å². The molecule has 0 spiro atoms. The molecule has 3 aromatic rings. The molecule has 140 valence electrons. The highest BCUT2D eigenvalue weighted by atomic mass is 35.5. The van der Waals surface area contributed by atoms with Gasteiger partial charge >= 0.3 is 0 Å². The molecule has 0 aliphatic rings. The summed E-state index contributed by atoms with van der Waals surface area (Å²) in [5.41, 5.74) is 0.316. The maximum atomic E-state index is 14.0. The standard InChI is InChI=1S/C20H18ClF2N3O/c1-3-26(4-2)20(27)13-11-24-19(12-7-5-8-14(21)17(12)13)25-16-10-6-9-15(22)18(16)23/h5-11H,3-4H2,1-2H3,(H,24,25). The Balaban J connectivity index is 2.15. The van der Waals surface area contributed by atoms with Gasteiger partial charge in [0.15, 0.2) is 11.6 Å². The maximum absolute atomic E-state index is 14.0. The van der Waals surface area contributed by atoms with Gasteiger partial charge in [0.05, 0.1) is 11.3 Å². The minimum Gasteiger partial charge on any atom is -0.339 e. The molecule has 0 aliphatic heterocycles. The molecule has 27 heavy (non-hydrogen) atoms. The molecule has 1 amide bonds. The molecule has 2 aromatic carbocycles. The number of nitrogens with zero attached hydrogens (tertiary/aromatic N) is 2. The van der Waals surface area contributed by atoms with E-state index in [0.29, 0.717) is 34.4 Å². The van der Waals surface area contributed by atoms with Gasteiger partial charge in [-0.1, -0.05) is 29.8 Å². The van der Waals surface area contributed by atoms with Crippen molar-refractivity contribution in [2.45, 2.75) is 13.8 Å². The molecule has 0 saturated carbocycles. The van der Waals surface area contributed by atoms with Gasteiger partial charge in [0.1, 0.15) is 5.82 Å². The first-order valence-corrected chi connectivity index (χ1v) is 8.93. The summed E-state index contributed by atoms with van der Waals surface area (Å²) in [6.07, 6.45) is 1.41. The molecule has 0 aliphatic carbocycles. The zero-order valence-corrected chi connectivity index (χ0v) is 15.6. The Labute approximate surface area is 160 Å². The number of aromatic nitrogens is 1. The van der Waals surface area contributed by atoms with Crippen molar-refractivity contribution in [3.63, 3.8) is 0 Å². The number of pyridine rings is 1. The zero-order valence-electron chi connectivity index (χ0n) is 14.9. The van der Waals surface area contributed by atoms with Crippen LogP contribution in [-0.2, 0) is 0 Å². The van der Waals surface area contributed by atoms with E-state index >= 15 is 0 Å². The largest absolute Gasteiger partial charge is 0.339 e. The third kappa shape index (κ3) is 3.57. The highest BCUT2D eigenvalue weighted by Crippen LogP contribution is 2.33. The minimum atomic E-state index is -1.00. The van der Waals surface area contributed by atoms with Crippen LogP contribution in [0.25, 0.3) is 10.8 Å². The van der Waals surface area contributed by atoms with Crippen molar-refractivity contribution >= 4 is 39.8 Å². The lowest BCUT2D eigenvalue weighted by Crippen LogP contribution is -2.30. The van der Waals surface area contributed by atoms with Gasteiger partial charge < -0.3 is 10.2 Å². The van der Waals surface area contributed by atoms with Crippen LogP contribution < -0.4 is 5.32 Å². The summed E-state index contributed by atoms with van der Waals surface area (Å²) in [5, 5.41) is 4.24. The quantitative estimate of drug-likeness (QED) is 0.636. The van der Waals surface area contributed by atoms with Crippen molar-refractivity contribution in [1.82, 2.24) is 9.88 Å². The lowest BCUT2D eigenvalue weighted by Gasteiger charge is -2.20. The average Bonchev–Trinajstić information content (AvgIpc) is 2.67. The van der Waals surface area contributed by atoms with E-state index in [1.165, 1.54) is 18.3 Å². The van der Waals surface area contributed by atoms with Crippen LogP contribution in [0.3, 0.4) is 0 Å². The van der Waals surface area contributed by atoms with E-state index in [4.69, 9.17) is 11.6 Å². The number of fused-ring (bicyclic) bond motifs is 1. The molecule has 0 bridgehead atoms. The lowest BCUT2D eigenvalue weighted by atomic mass is 10.1. The Morgan fingerprint density at radius 1 is 1.15 bits per heavy atom. The number of halogens is 3. The Bertz CT molecular complexity index is 1010. The number of hydrogen-bond donors (Lipinski definition) is 1. The SMILES string of the molecule is CCN(CC)C(=O)c1cnc(Nc2cccc(F)c2F)c2cccc(Cl)c12. The molecule has 0 atom stereocenters. The zero-order chi connectivity index (χ0) is 19.6. The van der Waals surface area contributed by atoms with Crippen LogP contribution in [0.1, 0.15) is 24.2 Å². The normalized spacial score (nSPS) is 10.9. The smallest absolute Gasteiger partial charge is 0.256 e. The van der Waals surface area contributed by atoms with E-state index in [1.807, 2.05) is 13.8 Å². The fraction of sp³-hybridized carbons (Fsp3) is 0.200. The number of carbonyl (C=O) groups is 1. The monoisotopic (exact) mass is 389 g/mol. The fourth-order valence-corrected chi connectivity index (χ4v) is 3.21. The Morgan fingerprint density at radius 2 is 1.85 bits per heavy atom. The molecule has 0 saturated heterocycles. The van der Waals surface area contributed by atoms with E-state index in [1.54, 1.807) is 23.1 Å². The van der Waals surface area contributed by atoms with Crippen LogP contribution in [0.4, 0.5) is 20.3 Å². The lowest BCUT2D eigenvalue weighted by molar-refractivity contribution is 0.0774. The number of rotatable bonds is 5. The number of amides is 1. The average molecular weight is 390 g/mol. The van der Waals surface area contributed by atoms with Crippen LogP contribution in [0, 0.1) is 11.6 Å². The van der Waals surface area contributed by atoms with Crippen LogP contribution in [0.15, 0.2) is 42.6 Å². The van der Waals surface area contributed by atoms with Gasteiger partial charge in [0.25, 0.3) is 5.91 Å². The fourth-order valence-electron chi connectivity index (χ4n) is 2.93. The minimum absolute atomic E-state index is 0.0494. The Hall–Kier alpha value is -2.73. The van der Waals surface area contributed by atoms with E-state index in [0.717, 1.165) is 6.07 Å². The van der Waals surface area contributed by atoms with Crippen LogP contribution >= 0.6 is 11.6 Å². The first-order valence-electron chi connectivity index (χ1n) is 8.55. The van der Waals surface area contributed by atoms with Crippen molar-refractivity contribution < 1.29 is 13.6 Å². The molecule has 1 aromatic heterocycles. The summed E-state index contributed by atoms with van der Waals surface area (Å²) < 4.78 is 27.5. The molecule has 0 unspecified atom stereocenters. The van der Waals surface area contributed by atoms with Crippen molar-refractivity contribution in [3.8, 4) is 0 Å². The Kier molecular flexibility index (Phi) is 5.56. The van der Waals surface area contributed by atoms with E-state index in [9.17, 15) is 13.6 Å². The van der Waals surface area contributed by atoms with Crippen molar-refractivity contribution in [2.75, 3.05) is 18.4 Å². The molecule has 1 N–H and O–H groups in total. The molecule has 3 rings (SSSR count). The summed E-state index contributed by atoms with van der Waals surface area (Å²) in [6, 6.07) is 8.96. The van der Waals surface area contributed by atoms with Crippen LogP contribution in [0.2, 0.25) is 5.02 Å².